The second-order valence-electron chi connectivity index (χ2n) is 5.73. The van der Waals surface area contributed by atoms with Crippen LogP contribution in [0.3, 0.4) is 0 Å². The molecule has 1 aliphatic heterocycles. The largest absolute Gasteiger partial charge is 0.317 e. The first-order chi connectivity index (χ1) is 7.83. The summed E-state index contributed by atoms with van der Waals surface area (Å²) in [6.45, 7) is 7.23. The molecule has 1 rings (SSSR count). The highest BCUT2D eigenvalue weighted by Crippen LogP contribution is 2.24. The second-order valence-corrected chi connectivity index (χ2v) is 5.73. The lowest BCUT2D eigenvalue weighted by Gasteiger charge is -2.21. The van der Waals surface area contributed by atoms with Crippen molar-refractivity contribution < 1.29 is 0 Å². The lowest BCUT2D eigenvalue weighted by molar-refractivity contribution is 0.329. The van der Waals surface area contributed by atoms with Crippen LogP contribution in [0.25, 0.3) is 0 Å². The third-order valence-corrected chi connectivity index (χ3v) is 4.06. The van der Waals surface area contributed by atoms with Gasteiger partial charge in [-0.1, -0.05) is 52.4 Å². The summed E-state index contributed by atoms with van der Waals surface area (Å²) in [6.07, 6.45) is 12.9. The number of hydrogen-bond donors (Lipinski definition) is 1. The van der Waals surface area contributed by atoms with E-state index in [2.05, 4.69) is 19.2 Å². The Morgan fingerprint density at radius 2 is 1.88 bits per heavy atom. The second kappa shape index (κ2) is 9.04. The standard InChI is InChI=1S/C15H31N/c1-3-4-5-8-15-10-9-14(2)7-6-12-16-13-11-15/h14-16H,3-13H2,1-2H3. The van der Waals surface area contributed by atoms with Crippen molar-refractivity contribution in [1.29, 1.82) is 0 Å². The summed E-state index contributed by atoms with van der Waals surface area (Å²) in [5, 5.41) is 3.60. The lowest BCUT2D eigenvalue weighted by Crippen LogP contribution is -2.21. The van der Waals surface area contributed by atoms with Gasteiger partial charge in [-0.15, -0.1) is 0 Å². The van der Waals surface area contributed by atoms with Crippen LogP contribution in [0.2, 0.25) is 0 Å². The summed E-state index contributed by atoms with van der Waals surface area (Å²) >= 11 is 0. The maximum atomic E-state index is 3.60. The van der Waals surface area contributed by atoms with Gasteiger partial charge in [0.25, 0.3) is 0 Å². The van der Waals surface area contributed by atoms with Crippen LogP contribution in [0.1, 0.15) is 71.6 Å². The molecular formula is C15H31N. The number of rotatable bonds is 4. The van der Waals surface area contributed by atoms with Crippen molar-refractivity contribution >= 4 is 0 Å². The van der Waals surface area contributed by atoms with Gasteiger partial charge in [0.05, 0.1) is 0 Å². The predicted octanol–water partition coefficient (Wildman–Crippen LogP) is 4.37. The molecule has 0 aromatic heterocycles. The topological polar surface area (TPSA) is 12.0 Å². The van der Waals surface area contributed by atoms with Crippen LogP contribution in [0.5, 0.6) is 0 Å². The van der Waals surface area contributed by atoms with Crippen LogP contribution in [0.15, 0.2) is 0 Å². The van der Waals surface area contributed by atoms with Gasteiger partial charge >= 0.3 is 0 Å². The minimum atomic E-state index is 0.952. The fraction of sp³-hybridized carbons (Fsp3) is 1.00. The molecule has 0 aromatic rings. The fourth-order valence-corrected chi connectivity index (χ4v) is 2.79. The number of unbranched alkanes of at least 4 members (excludes halogenated alkanes) is 2. The molecule has 1 saturated heterocycles. The Bertz CT molecular complexity index is 154. The van der Waals surface area contributed by atoms with Crippen molar-refractivity contribution in [2.75, 3.05) is 13.1 Å². The quantitative estimate of drug-likeness (QED) is 0.700. The average Bonchev–Trinajstić information content (AvgIpc) is 2.30. The molecule has 2 unspecified atom stereocenters. The van der Waals surface area contributed by atoms with E-state index in [0.717, 1.165) is 11.8 Å². The fourth-order valence-electron chi connectivity index (χ4n) is 2.79. The summed E-state index contributed by atoms with van der Waals surface area (Å²) < 4.78 is 0. The number of nitrogens with one attached hydrogen (secondary N) is 1. The minimum absolute atomic E-state index is 0.952. The van der Waals surface area contributed by atoms with Crippen molar-refractivity contribution in [1.82, 2.24) is 5.32 Å². The molecule has 0 amide bonds. The third-order valence-electron chi connectivity index (χ3n) is 4.06. The summed E-state index contributed by atoms with van der Waals surface area (Å²) in [7, 11) is 0. The third kappa shape index (κ3) is 6.52. The average molecular weight is 225 g/mol. The summed E-state index contributed by atoms with van der Waals surface area (Å²) in [4.78, 5) is 0. The van der Waals surface area contributed by atoms with Crippen molar-refractivity contribution in [2.24, 2.45) is 11.8 Å². The molecule has 2 atom stereocenters. The predicted molar refractivity (Wildman–Crippen MR) is 72.8 cm³/mol. The summed E-state index contributed by atoms with van der Waals surface area (Å²) in [6, 6.07) is 0. The Morgan fingerprint density at radius 3 is 2.69 bits per heavy atom. The van der Waals surface area contributed by atoms with E-state index in [1.807, 2.05) is 0 Å². The Hall–Kier alpha value is -0.0400. The zero-order valence-corrected chi connectivity index (χ0v) is 11.4. The van der Waals surface area contributed by atoms with Crippen molar-refractivity contribution in [3.8, 4) is 0 Å². The lowest BCUT2D eigenvalue weighted by atomic mass is 9.88. The highest BCUT2D eigenvalue weighted by Gasteiger charge is 2.12. The molecule has 16 heavy (non-hydrogen) atoms. The molecule has 0 saturated carbocycles. The first-order valence-corrected chi connectivity index (χ1v) is 7.53. The van der Waals surface area contributed by atoms with Crippen LogP contribution in [-0.4, -0.2) is 13.1 Å². The van der Waals surface area contributed by atoms with Gasteiger partial charge in [0.1, 0.15) is 0 Å². The summed E-state index contributed by atoms with van der Waals surface area (Å²) in [5.74, 6) is 1.95. The van der Waals surface area contributed by atoms with Gasteiger partial charge in [-0.2, -0.15) is 0 Å². The highest BCUT2D eigenvalue weighted by molar-refractivity contribution is 4.67. The van der Waals surface area contributed by atoms with Crippen molar-refractivity contribution in [3.05, 3.63) is 0 Å². The smallest absolute Gasteiger partial charge is 0.00463 e. The van der Waals surface area contributed by atoms with E-state index in [1.165, 1.54) is 70.9 Å². The van der Waals surface area contributed by atoms with E-state index in [4.69, 9.17) is 0 Å². The SMILES string of the molecule is CCCCCC1CCNCCCC(C)CC1. The summed E-state index contributed by atoms with van der Waals surface area (Å²) in [5.41, 5.74) is 0. The zero-order chi connectivity index (χ0) is 11.6. The monoisotopic (exact) mass is 225 g/mol. The van der Waals surface area contributed by atoms with Gasteiger partial charge in [-0.25, -0.2) is 0 Å². The molecule has 1 N–H and O–H groups in total. The first-order valence-electron chi connectivity index (χ1n) is 7.53. The van der Waals surface area contributed by atoms with Crippen molar-refractivity contribution in [3.63, 3.8) is 0 Å². The van der Waals surface area contributed by atoms with Crippen LogP contribution in [-0.2, 0) is 0 Å². The Labute approximate surface area is 102 Å². The molecule has 0 radical (unpaired) electrons. The van der Waals surface area contributed by atoms with Gasteiger partial charge in [-0.05, 0) is 44.2 Å². The van der Waals surface area contributed by atoms with Gasteiger partial charge in [-0.3, -0.25) is 0 Å². The van der Waals surface area contributed by atoms with E-state index in [-0.39, 0.29) is 0 Å². The molecule has 1 aliphatic rings. The Morgan fingerprint density at radius 1 is 1.00 bits per heavy atom. The van der Waals surface area contributed by atoms with E-state index >= 15 is 0 Å². The van der Waals surface area contributed by atoms with Crippen LogP contribution >= 0.6 is 0 Å². The van der Waals surface area contributed by atoms with Gasteiger partial charge in [0.15, 0.2) is 0 Å². The van der Waals surface area contributed by atoms with Gasteiger partial charge < -0.3 is 5.32 Å². The van der Waals surface area contributed by atoms with E-state index < -0.39 is 0 Å². The van der Waals surface area contributed by atoms with Gasteiger partial charge in [0, 0.05) is 0 Å². The molecule has 1 nitrogen and oxygen atoms in total. The molecule has 1 fully saturated rings. The van der Waals surface area contributed by atoms with Crippen LogP contribution < -0.4 is 5.32 Å². The number of hydrogen-bond acceptors (Lipinski definition) is 1. The minimum Gasteiger partial charge on any atom is -0.317 e. The zero-order valence-electron chi connectivity index (χ0n) is 11.4. The maximum absolute atomic E-state index is 3.60. The molecule has 0 aromatic carbocycles. The first kappa shape index (κ1) is 14.0. The highest BCUT2D eigenvalue weighted by atomic mass is 14.8. The van der Waals surface area contributed by atoms with Crippen molar-refractivity contribution in [2.45, 2.75) is 71.6 Å². The molecule has 1 heteroatoms. The molecular weight excluding hydrogens is 194 g/mol. The van der Waals surface area contributed by atoms with E-state index in [0.29, 0.717) is 0 Å². The molecule has 0 aliphatic carbocycles. The molecule has 0 bridgehead atoms. The molecule has 96 valence electrons. The van der Waals surface area contributed by atoms with E-state index in [1.54, 1.807) is 0 Å². The Kier molecular flexibility index (Phi) is 7.92. The van der Waals surface area contributed by atoms with Crippen LogP contribution in [0, 0.1) is 11.8 Å². The maximum Gasteiger partial charge on any atom is -0.00463 e. The van der Waals surface area contributed by atoms with Crippen LogP contribution in [0.4, 0.5) is 0 Å². The molecule has 0 spiro atoms. The normalized spacial score (nSPS) is 28.9. The molecule has 1 heterocycles. The van der Waals surface area contributed by atoms with E-state index in [9.17, 15) is 0 Å². The van der Waals surface area contributed by atoms with Gasteiger partial charge in [0.2, 0.25) is 0 Å². The Balaban J connectivity index is 2.23.